The van der Waals surface area contributed by atoms with Gasteiger partial charge in [-0.25, -0.2) is 0 Å². The summed E-state index contributed by atoms with van der Waals surface area (Å²) in [6.07, 6.45) is 0.988. The molecule has 0 radical (unpaired) electrons. The minimum Gasteiger partial charge on any atom is -0.322 e. The van der Waals surface area contributed by atoms with Crippen molar-refractivity contribution >= 4 is 21.8 Å². The van der Waals surface area contributed by atoms with Crippen LogP contribution in [-0.4, -0.2) is 9.97 Å². The van der Waals surface area contributed by atoms with Gasteiger partial charge >= 0.3 is 0 Å². The Balaban J connectivity index is 1.86. The maximum absolute atomic E-state index is 12.7. The third-order valence-electron chi connectivity index (χ3n) is 5.48. The van der Waals surface area contributed by atoms with Gasteiger partial charge in [-0.15, -0.1) is 0 Å². The van der Waals surface area contributed by atoms with Crippen LogP contribution in [0.5, 0.6) is 0 Å². The molecule has 26 heavy (non-hydrogen) atoms. The number of aryl methyl sites for hydroxylation is 2. The molecular weight excluding hydrogens is 324 g/mol. The van der Waals surface area contributed by atoms with E-state index in [0.717, 1.165) is 55.2 Å². The van der Waals surface area contributed by atoms with Gasteiger partial charge in [0.05, 0.1) is 0 Å². The van der Waals surface area contributed by atoms with E-state index in [1.54, 1.807) is 0 Å². The van der Waals surface area contributed by atoms with E-state index < -0.39 is 0 Å². The average Bonchev–Trinajstić information content (AvgIpc) is 2.62. The van der Waals surface area contributed by atoms with E-state index in [2.05, 4.69) is 22.1 Å². The Morgan fingerprint density at radius 1 is 0.654 bits per heavy atom. The Labute approximate surface area is 149 Å². The minimum atomic E-state index is -0.0527. The van der Waals surface area contributed by atoms with Gasteiger partial charge in [0.1, 0.15) is 0 Å². The van der Waals surface area contributed by atoms with E-state index in [-0.39, 0.29) is 11.1 Å². The van der Waals surface area contributed by atoms with Crippen LogP contribution in [0.3, 0.4) is 0 Å². The second-order valence-electron chi connectivity index (χ2n) is 7.27. The molecule has 2 N–H and O–H groups in total. The highest BCUT2D eigenvalue weighted by atomic mass is 16.1. The van der Waals surface area contributed by atoms with Crippen LogP contribution in [0.2, 0.25) is 0 Å². The fraction of sp³-hybridized carbons (Fsp3) is 0.182. The number of hydrogen-bond donors (Lipinski definition) is 2. The first kappa shape index (κ1) is 15.1. The van der Waals surface area contributed by atoms with Gasteiger partial charge in [-0.05, 0) is 49.2 Å². The third-order valence-corrected chi connectivity index (χ3v) is 5.48. The van der Waals surface area contributed by atoms with Gasteiger partial charge in [0.25, 0.3) is 11.1 Å². The van der Waals surface area contributed by atoms with Gasteiger partial charge in [0.2, 0.25) is 0 Å². The highest BCUT2D eigenvalue weighted by Gasteiger charge is 2.24. The lowest BCUT2D eigenvalue weighted by Crippen LogP contribution is -2.26. The van der Waals surface area contributed by atoms with E-state index in [9.17, 15) is 9.59 Å². The standard InChI is InChI=1S/C22H18N2O2/c1-11-3-5-19-15(7-11)13-9-18-14(10-17(13)21(25)23-19)16-8-12(2)4-6-20(16)24-22(18)26/h3-8H,9-10H2,1-2H3,(H,23,25)(H,24,26). The van der Waals surface area contributed by atoms with Crippen LogP contribution in [0.4, 0.5) is 0 Å². The Hall–Kier alpha value is -3.14. The van der Waals surface area contributed by atoms with Crippen LogP contribution >= 0.6 is 0 Å². The largest absolute Gasteiger partial charge is 0.322 e. The summed E-state index contributed by atoms with van der Waals surface area (Å²) in [4.78, 5) is 31.5. The highest BCUT2D eigenvalue weighted by Crippen LogP contribution is 2.32. The molecule has 0 bridgehead atoms. The molecule has 128 valence electrons. The summed E-state index contributed by atoms with van der Waals surface area (Å²) >= 11 is 0. The lowest BCUT2D eigenvalue weighted by molar-refractivity contribution is 0.962. The molecule has 4 aromatic rings. The van der Waals surface area contributed by atoms with Crippen molar-refractivity contribution in [3.8, 4) is 0 Å². The number of rotatable bonds is 0. The number of benzene rings is 2. The fourth-order valence-electron chi connectivity index (χ4n) is 4.16. The fourth-order valence-corrected chi connectivity index (χ4v) is 4.16. The van der Waals surface area contributed by atoms with Crippen LogP contribution < -0.4 is 11.1 Å². The van der Waals surface area contributed by atoms with Crippen molar-refractivity contribution in [2.24, 2.45) is 0 Å². The summed E-state index contributed by atoms with van der Waals surface area (Å²) in [5.74, 6) is 0. The van der Waals surface area contributed by atoms with E-state index in [1.807, 2.05) is 38.1 Å². The zero-order chi connectivity index (χ0) is 18.0. The van der Waals surface area contributed by atoms with E-state index >= 15 is 0 Å². The van der Waals surface area contributed by atoms with Crippen LogP contribution in [0, 0.1) is 13.8 Å². The number of fused-ring (bicyclic) bond motifs is 6. The molecule has 0 saturated carbocycles. The van der Waals surface area contributed by atoms with Gasteiger partial charge < -0.3 is 9.97 Å². The first-order valence-corrected chi connectivity index (χ1v) is 8.80. The summed E-state index contributed by atoms with van der Waals surface area (Å²) in [6.45, 7) is 4.08. The monoisotopic (exact) mass is 342 g/mol. The van der Waals surface area contributed by atoms with E-state index in [0.29, 0.717) is 12.8 Å². The molecule has 2 heterocycles. The molecule has 2 aromatic carbocycles. The van der Waals surface area contributed by atoms with Gasteiger partial charge in [0, 0.05) is 45.8 Å². The van der Waals surface area contributed by atoms with Crippen molar-refractivity contribution in [3.05, 3.63) is 90.5 Å². The third kappa shape index (κ3) is 2.08. The normalized spacial score (nSPS) is 13.0. The summed E-state index contributed by atoms with van der Waals surface area (Å²) in [5, 5.41) is 2.07. The van der Waals surface area contributed by atoms with Gasteiger partial charge in [0.15, 0.2) is 0 Å². The van der Waals surface area contributed by atoms with Crippen molar-refractivity contribution in [1.82, 2.24) is 9.97 Å². The topological polar surface area (TPSA) is 65.7 Å². The Kier molecular flexibility index (Phi) is 3.02. The average molecular weight is 342 g/mol. The van der Waals surface area contributed by atoms with Gasteiger partial charge in [-0.3, -0.25) is 9.59 Å². The van der Waals surface area contributed by atoms with Crippen molar-refractivity contribution < 1.29 is 0 Å². The zero-order valence-corrected chi connectivity index (χ0v) is 14.7. The van der Waals surface area contributed by atoms with E-state index in [4.69, 9.17) is 0 Å². The summed E-state index contributed by atoms with van der Waals surface area (Å²) < 4.78 is 0. The molecule has 0 aliphatic heterocycles. The molecule has 1 aliphatic carbocycles. The van der Waals surface area contributed by atoms with E-state index in [1.165, 1.54) is 0 Å². The van der Waals surface area contributed by atoms with Crippen molar-refractivity contribution in [2.75, 3.05) is 0 Å². The maximum atomic E-state index is 12.7. The molecule has 0 saturated heterocycles. The van der Waals surface area contributed by atoms with Crippen molar-refractivity contribution in [2.45, 2.75) is 26.7 Å². The molecule has 2 aromatic heterocycles. The molecule has 0 unspecified atom stereocenters. The number of nitrogens with one attached hydrogen (secondary N) is 2. The number of aromatic nitrogens is 2. The molecule has 5 rings (SSSR count). The lowest BCUT2D eigenvalue weighted by atomic mass is 9.83. The quantitative estimate of drug-likeness (QED) is 0.452. The van der Waals surface area contributed by atoms with Gasteiger partial charge in [-0.1, -0.05) is 23.3 Å². The second kappa shape index (κ2) is 5.18. The zero-order valence-electron chi connectivity index (χ0n) is 14.7. The molecule has 0 amide bonds. The summed E-state index contributed by atoms with van der Waals surface area (Å²) in [7, 11) is 0. The molecule has 0 atom stereocenters. The first-order valence-electron chi connectivity index (χ1n) is 8.80. The van der Waals surface area contributed by atoms with Crippen LogP contribution in [0.25, 0.3) is 21.8 Å². The Morgan fingerprint density at radius 3 is 1.50 bits per heavy atom. The molecule has 4 heteroatoms. The van der Waals surface area contributed by atoms with Gasteiger partial charge in [-0.2, -0.15) is 0 Å². The van der Waals surface area contributed by atoms with Crippen molar-refractivity contribution in [3.63, 3.8) is 0 Å². The van der Waals surface area contributed by atoms with Crippen molar-refractivity contribution in [1.29, 1.82) is 0 Å². The molecule has 0 spiro atoms. The minimum absolute atomic E-state index is 0.0527. The summed E-state index contributed by atoms with van der Waals surface area (Å²) in [5.41, 5.74) is 7.36. The van der Waals surface area contributed by atoms with Crippen LogP contribution in [-0.2, 0) is 12.8 Å². The molecule has 4 nitrogen and oxygen atoms in total. The number of H-pyrrole nitrogens is 2. The Morgan fingerprint density at radius 2 is 1.08 bits per heavy atom. The first-order chi connectivity index (χ1) is 12.5. The Bertz CT molecular complexity index is 1240. The SMILES string of the molecule is Cc1ccc2[nH]c(=O)c3c(c2c1)Cc1c(c2cc(C)ccc2[nH]c1=O)C3. The highest BCUT2D eigenvalue weighted by molar-refractivity contribution is 5.88. The second-order valence-corrected chi connectivity index (χ2v) is 7.27. The number of pyridine rings is 2. The maximum Gasteiger partial charge on any atom is 0.252 e. The molecule has 1 aliphatic rings. The number of hydrogen-bond acceptors (Lipinski definition) is 2. The smallest absolute Gasteiger partial charge is 0.252 e. The predicted octanol–water partition coefficient (Wildman–Crippen LogP) is 3.48. The molecular formula is C22H18N2O2. The lowest BCUT2D eigenvalue weighted by Gasteiger charge is -2.22. The van der Waals surface area contributed by atoms with Crippen LogP contribution in [0.15, 0.2) is 46.0 Å². The number of aromatic amines is 2. The molecule has 0 fully saturated rings. The summed E-state index contributed by atoms with van der Waals surface area (Å²) in [6, 6.07) is 12.0. The van der Waals surface area contributed by atoms with Crippen LogP contribution in [0.1, 0.15) is 33.4 Å². The predicted molar refractivity (Wildman–Crippen MR) is 104 cm³/mol.